The number of carbonyl (C=O) groups is 1. The van der Waals surface area contributed by atoms with Crippen molar-refractivity contribution >= 4 is 40.6 Å². The summed E-state index contributed by atoms with van der Waals surface area (Å²) in [6.45, 7) is 1.73. The average Bonchev–Trinajstić information content (AvgIpc) is 2.62. The van der Waals surface area contributed by atoms with E-state index in [4.69, 9.17) is 16.3 Å². The molecule has 2 aromatic carbocycles. The standard InChI is InChI=1S/C19H16ClFN4O2/c1-11-22-17(24-14-5-3-4-13(21)9-14)10-18(23-11)25-16-8-12(19(26)27-2)6-7-15(16)20/h3-10H,1-2H3,(H2,22,23,24,25). The molecule has 0 aliphatic rings. The molecule has 0 amide bonds. The fourth-order valence-electron chi connectivity index (χ4n) is 2.41. The number of aryl methyl sites for hydroxylation is 1. The van der Waals surface area contributed by atoms with E-state index in [1.54, 1.807) is 43.3 Å². The van der Waals surface area contributed by atoms with Gasteiger partial charge in [-0.1, -0.05) is 17.7 Å². The van der Waals surface area contributed by atoms with Crippen LogP contribution in [0.4, 0.5) is 27.4 Å². The number of methoxy groups -OCH3 is 1. The van der Waals surface area contributed by atoms with Crippen molar-refractivity contribution in [1.82, 2.24) is 9.97 Å². The summed E-state index contributed by atoms with van der Waals surface area (Å²) in [5.41, 5.74) is 1.41. The molecule has 0 saturated heterocycles. The highest BCUT2D eigenvalue weighted by Gasteiger charge is 2.11. The van der Waals surface area contributed by atoms with Gasteiger partial charge in [0, 0.05) is 11.8 Å². The zero-order chi connectivity index (χ0) is 19.4. The van der Waals surface area contributed by atoms with Gasteiger partial charge in [0.25, 0.3) is 0 Å². The molecule has 8 heteroatoms. The second-order valence-corrected chi connectivity index (χ2v) is 6.04. The van der Waals surface area contributed by atoms with E-state index in [0.717, 1.165) is 0 Å². The molecular weight excluding hydrogens is 371 g/mol. The minimum absolute atomic E-state index is 0.351. The van der Waals surface area contributed by atoms with Crippen LogP contribution in [-0.4, -0.2) is 23.0 Å². The number of benzene rings is 2. The first-order valence-electron chi connectivity index (χ1n) is 7.98. The number of halogens is 2. The summed E-state index contributed by atoms with van der Waals surface area (Å²) in [6, 6.07) is 12.4. The molecule has 6 nitrogen and oxygen atoms in total. The largest absolute Gasteiger partial charge is 0.465 e. The Hall–Kier alpha value is -3.19. The molecule has 27 heavy (non-hydrogen) atoms. The third-order valence-electron chi connectivity index (χ3n) is 3.59. The molecule has 0 atom stereocenters. The van der Waals surface area contributed by atoms with E-state index in [1.807, 2.05) is 0 Å². The number of carbonyl (C=O) groups excluding carboxylic acids is 1. The summed E-state index contributed by atoms with van der Waals surface area (Å²) in [5.74, 6) is 0.623. The second kappa shape index (κ2) is 8.01. The molecule has 0 bridgehead atoms. The Balaban J connectivity index is 1.87. The van der Waals surface area contributed by atoms with E-state index in [0.29, 0.717) is 39.4 Å². The van der Waals surface area contributed by atoms with Crippen molar-refractivity contribution in [2.24, 2.45) is 0 Å². The van der Waals surface area contributed by atoms with Crippen molar-refractivity contribution in [1.29, 1.82) is 0 Å². The first kappa shape index (κ1) is 18.6. The van der Waals surface area contributed by atoms with Crippen LogP contribution in [0.5, 0.6) is 0 Å². The third kappa shape index (κ3) is 4.71. The quantitative estimate of drug-likeness (QED) is 0.610. The van der Waals surface area contributed by atoms with Crippen LogP contribution in [0.2, 0.25) is 5.02 Å². The number of nitrogens with one attached hydrogen (secondary N) is 2. The third-order valence-corrected chi connectivity index (χ3v) is 3.91. The molecule has 138 valence electrons. The maximum atomic E-state index is 13.4. The molecule has 3 aromatic rings. The van der Waals surface area contributed by atoms with Crippen LogP contribution in [0.1, 0.15) is 16.2 Å². The van der Waals surface area contributed by atoms with Crippen molar-refractivity contribution in [2.75, 3.05) is 17.7 Å². The smallest absolute Gasteiger partial charge is 0.337 e. The topological polar surface area (TPSA) is 76.1 Å². The minimum atomic E-state index is -0.470. The number of hydrogen-bond acceptors (Lipinski definition) is 6. The summed E-state index contributed by atoms with van der Waals surface area (Å²) in [6.07, 6.45) is 0. The van der Waals surface area contributed by atoms with Crippen LogP contribution in [0.25, 0.3) is 0 Å². The molecular formula is C19H16ClFN4O2. The molecule has 0 fully saturated rings. The minimum Gasteiger partial charge on any atom is -0.465 e. The van der Waals surface area contributed by atoms with Gasteiger partial charge in [-0.3, -0.25) is 0 Å². The number of hydrogen-bond donors (Lipinski definition) is 2. The summed E-state index contributed by atoms with van der Waals surface area (Å²) in [5, 5.41) is 6.51. The Labute approximate surface area is 160 Å². The van der Waals surface area contributed by atoms with E-state index in [2.05, 4.69) is 20.6 Å². The van der Waals surface area contributed by atoms with Gasteiger partial charge in [-0.15, -0.1) is 0 Å². The van der Waals surface area contributed by atoms with E-state index in [-0.39, 0.29) is 5.82 Å². The maximum Gasteiger partial charge on any atom is 0.337 e. The van der Waals surface area contributed by atoms with Gasteiger partial charge in [0.15, 0.2) is 0 Å². The van der Waals surface area contributed by atoms with Gasteiger partial charge in [0.05, 0.1) is 23.4 Å². The zero-order valence-corrected chi connectivity index (χ0v) is 15.3. The van der Waals surface area contributed by atoms with Crippen LogP contribution in [-0.2, 0) is 4.74 Å². The molecule has 1 heterocycles. The first-order valence-corrected chi connectivity index (χ1v) is 8.35. The SMILES string of the molecule is COC(=O)c1ccc(Cl)c(Nc2cc(Nc3cccc(F)c3)nc(C)n2)c1. The molecule has 0 radical (unpaired) electrons. The normalized spacial score (nSPS) is 10.4. The molecule has 0 aliphatic carbocycles. The summed E-state index contributed by atoms with van der Waals surface area (Å²) in [7, 11) is 1.31. The van der Waals surface area contributed by atoms with Crippen molar-refractivity contribution in [2.45, 2.75) is 6.92 Å². The summed E-state index contributed by atoms with van der Waals surface area (Å²) >= 11 is 6.21. The van der Waals surface area contributed by atoms with Crippen LogP contribution in [0.3, 0.4) is 0 Å². The van der Waals surface area contributed by atoms with Gasteiger partial charge < -0.3 is 15.4 Å². The fraction of sp³-hybridized carbons (Fsp3) is 0.105. The Morgan fingerprint density at radius 2 is 1.81 bits per heavy atom. The highest BCUT2D eigenvalue weighted by molar-refractivity contribution is 6.33. The van der Waals surface area contributed by atoms with Crippen LogP contribution in [0, 0.1) is 12.7 Å². The van der Waals surface area contributed by atoms with Crippen molar-refractivity contribution < 1.29 is 13.9 Å². The van der Waals surface area contributed by atoms with Crippen LogP contribution < -0.4 is 10.6 Å². The lowest BCUT2D eigenvalue weighted by atomic mass is 10.2. The first-order chi connectivity index (χ1) is 12.9. The number of nitrogens with zero attached hydrogens (tertiary/aromatic N) is 2. The molecule has 1 aromatic heterocycles. The lowest BCUT2D eigenvalue weighted by Gasteiger charge is -2.12. The average molecular weight is 387 g/mol. The zero-order valence-electron chi connectivity index (χ0n) is 14.6. The van der Waals surface area contributed by atoms with Gasteiger partial charge in [0.1, 0.15) is 23.3 Å². The van der Waals surface area contributed by atoms with E-state index in [1.165, 1.54) is 19.2 Å². The number of ether oxygens (including phenoxy) is 1. The highest BCUT2D eigenvalue weighted by Crippen LogP contribution is 2.27. The van der Waals surface area contributed by atoms with Crippen molar-refractivity contribution in [3.05, 3.63) is 70.8 Å². The molecule has 0 saturated carbocycles. The van der Waals surface area contributed by atoms with Crippen LogP contribution in [0.15, 0.2) is 48.5 Å². The monoisotopic (exact) mass is 386 g/mol. The van der Waals surface area contributed by atoms with E-state index in [9.17, 15) is 9.18 Å². The predicted octanol–water partition coefficient (Wildman–Crippen LogP) is 4.85. The molecule has 0 aliphatic heterocycles. The lowest BCUT2D eigenvalue weighted by Crippen LogP contribution is -2.04. The van der Waals surface area contributed by atoms with Gasteiger partial charge in [-0.05, 0) is 43.3 Å². The van der Waals surface area contributed by atoms with Gasteiger partial charge >= 0.3 is 5.97 Å². The Kier molecular flexibility index (Phi) is 5.52. The molecule has 0 spiro atoms. The Bertz CT molecular complexity index is 997. The second-order valence-electron chi connectivity index (χ2n) is 5.63. The Morgan fingerprint density at radius 3 is 2.52 bits per heavy atom. The number of esters is 1. The molecule has 2 N–H and O–H groups in total. The lowest BCUT2D eigenvalue weighted by molar-refractivity contribution is 0.0601. The fourth-order valence-corrected chi connectivity index (χ4v) is 2.58. The van der Waals surface area contributed by atoms with Crippen molar-refractivity contribution in [3.8, 4) is 0 Å². The highest BCUT2D eigenvalue weighted by atomic mass is 35.5. The maximum absolute atomic E-state index is 13.4. The van der Waals surface area contributed by atoms with Gasteiger partial charge in [0.2, 0.25) is 0 Å². The summed E-state index contributed by atoms with van der Waals surface area (Å²) in [4.78, 5) is 20.3. The number of aromatic nitrogens is 2. The van der Waals surface area contributed by atoms with E-state index < -0.39 is 5.97 Å². The van der Waals surface area contributed by atoms with E-state index >= 15 is 0 Å². The van der Waals surface area contributed by atoms with Crippen LogP contribution >= 0.6 is 11.6 Å². The Morgan fingerprint density at radius 1 is 1.07 bits per heavy atom. The van der Waals surface area contributed by atoms with Gasteiger partial charge in [-0.2, -0.15) is 0 Å². The predicted molar refractivity (Wildman–Crippen MR) is 103 cm³/mol. The summed E-state index contributed by atoms with van der Waals surface area (Å²) < 4.78 is 18.1. The molecule has 0 unspecified atom stereocenters. The van der Waals surface area contributed by atoms with Gasteiger partial charge in [-0.25, -0.2) is 19.2 Å². The molecule has 3 rings (SSSR count). The number of anilines is 4. The van der Waals surface area contributed by atoms with Crippen molar-refractivity contribution in [3.63, 3.8) is 0 Å². The number of rotatable bonds is 5.